The average Bonchev–Trinajstić information content (AvgIpc) is 3.52. The smallest absolute Gasteiger partial charge is 0.0553 e. The SMILES string of the molecule is CC(C)c1ccc(-n2c3cc(-c4ccc(-c5ccccc5)cc4)ccc3c3c4ccccc4c(-c4ccc(-c5ccccc5)cc4)cc32)cc1. The van der Waals surface area contributed by atoms with Crippen molar-refractivity contribution in [3.8, 4) is 50.2 Å². The van der Waals surface area contributed by atoms with Crippen molar-refractivity contribution in [3.05, 3.63) is 188 Å². The van der Waals surface area contributed by atoms with Crippen molar-refractivity contribution in [3.63, 3.8) is 0 Å². The fraction of sp³-hybridized carbons (Fsp3) is 0.0612. The van der Waals surface area contributed by atoms with Gasteiger partial charge < -0.3 is 4.57 Å². The normalized spacial score (nSPS) is 11.6. The highest BCUT2D eigenvalue weighted by atomic mass is 15.0. The molecule has 238 valence electrons. The van der Waals surface area contributed by atoms with Gasteiger partial charge in [0.2, 0.25) is 0 Å². The van der Waals surface area contributed by atoms with Crippen molar-refractivity contribution in [2.24, 2.45) is 0 Å². The fourth-order valence-electron chi connectivity index (χ4n) is 7.54. The zero-order valence-electron chi connectivity index (χ0n) is 28.3. The highest BCUT2D eigenvalue weighted by molar-refractivity contribution is 6.24. The van der Waals surface area contributed by atoms with Crippen LogP contribution in [-0.2, 0) is 0 Å². The molecular weight excluding hydrogens is 603 g/mol. The highest BCUT2D eigenvalue weighted by Gasteiger charge is 2.19. The molecular formula is C49H37N. The van der Waals surface area contributed by atoms with Crippen LogP contribution in [0.25, 0.3) is 82.8 Å². The lowest BCUT2D eigenvalue weighted by molar-refractivity contribution is 0.866. The molecule has 1 heteroatoms. The summed E-state index contributed by atoms with van der Waals surface area (Å²) in [6.07, 6.45) is 0. The summed E-state index contributed by atoms with van der Waals surface area (Å²) in [4.78, 5) is 0. The average molecular weight is 640 g/mol. The van der Waals surface area contributed by atoms with Crippen LogP contribution in [0, 0.1) is 0 Å². The van der Waals surface area contributed by atoms with Crippen LogP contribution in [0.5, 0.6) is 0 Å². The van der Waals surface area contributed by atoms with Gasteiger partial charge in [-0.25, -0.2) is 0 Å². The van der Waals surface area contributed by atoms with Crippen LogP contribution in [0.1, 0.15) is 25.3 Å². The predicted molar refractivity (Wildman–Crippen MR) is 214 cm³/mol. The summed E-state index contributed by atoms with van der Waals surface area (Å²) in [6.45, 7) is 4.51. The van der Waals surface area contributed by atoms with Crippen molar-refractivity contribution in [1.82, 2.24) is 4.57 Å². The van der Waals surface area contributed by atoms with E-state index in [2.05, 4.69) is 200 Å². The van der Waals surface area contributed by atoms with Crippen molar-refractivity contribution < 1.29 is 0 Å². The van der Waals surface area contributed by atoms with Crippen LogP contribution in [0.3, 0.4) is 0 Å². The molecule has 0 aliphatic carbocycles. The summed E-state index contributed by atoms with van der Waals surface area (Å²) in [5.74, 6) is 0.474. The maximum absolute atomic E-state index is 2.48. The van der Waals surface area contributed by atoms with Gasteiger partial charge in [0.05, 0.1) is 11.0 Å². The number of aromatic nitrogens is 1. The second kappa shape index (κ2) is 12.4. The summed E-state index contributed by atoms with van der Waals surface area (Å²) in [5.41, 5.74) is 14.7. The first-order chi connectivity index (χ1) is 24.6. The van der Waals surface area contributed by atoms with Crippen molar-refractivity contribution in [2.75, 3.05) is 0 Å². The quantitative estimate of drug-likeness (QED) is 0.171. The molecule has 0 spiro atoms. The first-order valence-electron chi connectivity index (χ1n) is 17.5. The molecule has 8 aromatic carbocycles. The van der Waals surface area contributed by atoms with Gasteiger partial charge in [-0.2, -0.15) is 0 Å². The molecule has 9 rings (SSSR count). The van der Waals surface area contributed by atoms with Crippen LogP contribution in [0.2, 0.25) is 0 Å². The number of fused-ring (bicyclic) bond motifs is 5. The van der Waals surface area contributed by atoms with E-state index in [4.69, 9.17) is 0 Å². The molecule has 0 aliphatic heterocycles. The van der Waals surface area contributed by atoms with Crippen molar-refractivity contribution in [2.45, 2.75) is 19.8 Å². The Labute approximate surface area is 293 Å². The molecule has 0 aliphatic rings. The molecule has 0 bridgehead atoms. The minimum Gasteiger partial charge on any atom is -0.309 e. The van der Waals surface area contributed by atoms with Gasteiger partial charge in [-0.1, -0.05) is 172 Å². The van der Waals surface area contributed by atoms with Gasteiger partial charge in [0.25, 0.3) is 0 Å². The molecule has 0 saturated carbocycles. The van der Waals surface area contributed by atoms with E-state index in [1.165, 1.54) is 88.3 Å². The highest BCUT2D eigenvalue weighted by Crippen LogP contribution is 2.43. The van der Waals surface area contributed by atoms with Crippen LogP contribution < -0.4 is 0 Å². The van der Waals surface area contributed by atoms with E-state index in [0.29, 0.717) is 5.92 Å². The molecule has 0 radical (unpaired) electrons. The molecule has 0 N–H and O–H groups in total. The topological polar surface area (TPSA) is 4.93 Å². The Bertz CT molecular complexity index is 2610. The molecule has 0 atom stereocenters. The van der Waals surface area contributed by atoms with Gasteiger partial charge >= 0.3 is 0 Å². The summed E-state index contributed by atoms with van der Waals surface area (Å²) >= 11 is 0. The first-order valence-corrected chi connectivity index (χ1v) is 17.5. The monoisotopic (exact) mass is 639 g/mol. The Morgan fingerprint density at radius 3 is 1.42 bits per heavy atom. The summed E-state index contributed by atoms with van der Waals surface area (Å²) in [5, 5.41) is 5.09. The molecule has 1 aromatic heterocycles. The zero-order chi connectivity index (χ0) is 33.6. The third-order valence-electron chi connectivity index (χ3n) is 10.2. The molecule has 0 fully saturated rings. The fourth-order valence-corrected chi connectivity index (χ4v) is 7.54. The van der Waals surface area contributed by atoms with Crippen molar-refractivity contribution >= 4 is 32.6 Å². The number of nitrogens with zero attached hydrogens (tertiary/aromatic N) is 1. The molecule has 0 amide bonds. The van der Waals surface area contributed by atoms with E-state index in [0.717, 1.165) is 0 Å². The maximum atomic E-state index is 2.48. The molecule has 50 heavy (non-hydrogen) atoms. The van der Waals surface area contributed by atoms with Crippen molar-refractivity contribution in [1.29, 1.82) is 0 Å². The second-order valence-corrected chi connectivity index (χ2v) is 13.6. The predicted octanol–water partition coefficient (Wildman–Crippen LogP) is 13.7. The summed E-state index contributed by atoms with van der Waals surface area (Å²) < 4.78 is 2.48. The molecule has 0 unspecified atom stereocenters. The van der Waals surface area contributed by atoms with Crippen LogP contribution in [0.15, 0.2) is 182 Å². The molecule has 0 saturated heterocycles. The lowest BCUT2D eigenvalue weighted by atomic mass is 9.93. The van der Waals surface area contributed by atoms with Crippen LogP contribution in [0.4, 0.5) is 0 Å². The third kappa shape index (κ3) is 5.19. The van der Waals surface area contributed by atoms with E-state index in [1.807, 2.05) is 0 Å². The molecule has 9 aromatic rings. The number of hydrogen-bond donors (Lipinski definition) is 0. The van der Waals surface area contributed by atoms with E-state index >= 15 is 0 Å². The van der Waals surface area contributed by atoms with E-state index in [-0.39, 0.29) is 0 Å². The number of hydrogen-bond acceptors (Lipinski definition) is 0. The van der Waals surface area contributed by atoms with E-state index in [1.54, 1.807) is 0 Å². The largest absolute Gasteiger partial charge is 0.309 e. The Balaban J connectivity index is 1.27. The van der Waals surface area contributed by atoms with Gasteiger partial charge in [0, 0.05) is 16.5 Å². The minimum absolute atomic E-state index is 0.474. The third-order valence-corrected chi connectivity index (χ3v) is 10.2. The molecule has 1 nitrogen and oxygen atoms in total. The number of rotatable bonds is 6. The van der Waals surface area contributed by atoms with Crippen LogP contribution in [-0.4, -0.2) is 4.57 Å². The zero-order valence-corrected chi connectivity index (χ0v) is 28.3. The van der Waals surface area contributed by atoms with Crippen LogP contribution >= 0.6 is 0 Å². The van der Waals surface area contributed by atoms with Gasteiger partial charge in [-0.15, -0.1) is 0 Å². The lowest BCUT2D eigenvalue weighted by Gasteiger charge is -2.14. The van der Waals surface area contributed by atoms with Gasteiger partial charge in [0.1, 0.15) is 0 Å². The Morgan fingerprint density at radius 1 is 0.360 bits per heavy atom. The number of benzene rings is 8. The maximum Gasteiger partial charge on any atom is 0.0553 e. The first kappa shape index (κ1) is 29.9. The van der Waals surface area contributed by atoms with E-state index < -0.39 is 0 Å². The summed E-state index contributed by atoms with van der Waals surface area (Å²) in [6, 6.07) is 66.7. The Kier molecular flexibility index (Phi) is 7.40. The summed E-state index contributed by atoms with van der Waals surface area (Å²) in [7, 11) is 0. The van der Waals surface area contributed by atoms with Gasteiger partial charge in [-0.3, -0.25) is 0 Å². The lowest BCUT2D eigenvalue weighted by Crippen LogP contribution is -1.96. The standard InChI is InChI=1S/C49H37N/c1-33(2)34-25-28-42(29-26-34)50-47-31-41(39-19-17-37(18-20-39)35-11-5-3-6-12-35)27-30-45(47)49-44-16-10-9-15-43(44)46(32-48(49)50)40-23-21-38(22-24-40)36-13-7-4-8-14-36/h3-33H,1-2H3. The minimum atomic E-state index is 0.474. The molecule has 1 heterocycles. The Hall–Kier alpha value is -6.18. The van der Waals surface area contributed by atoms with Gasteiger partial charge in [0.15, 0.2) is 0 Å². The van der Waals surface area contributed by atoms with Gasteiger partial charge in [-0.05, 0) is 91.0 Å². The second-order valence-electron chi connectivity index (χ2n) is 13.6. The van der Waals surface area contributed by atoms with E-state index in [9.17, 15) is 0 Å². The Morgan fingerprint density at radius 2 is 0.840 bits per heavy atom.